The molecule has 2 N–H and O–H groups in total. The van der Waals surface area contributed by atoms with Crippen molar-refractivity contribution in [3.05, 3.63) is 132 Å². The van der Waals surface area contributed by atoms with Gasteiger partial charge < -0.3 is 9.97 Å². The first-order valence-corrected chi connectivity index (χ1v) is 13.1. The molecule has 0 amide bonds. The van der Waals surface area contributed by atoms with Crippen molar-refractivity contribution in [1.82, 2.24) is 19.9 Å². The van der Waals surface area contributed by atoms with E-state index in [1.54, 1.807) is 0 Å². The van der Waals surface area contributed by atoms with Crippen LogP contribution in [0.5, 0.6) is 0 Å². The number of H-pyrrole nitrogens is 2. The third kappa shape index (κ3) is 4.59. The summed E-state index contributed by atoms with van der Waals surface area (Å²) in [6.07, 6.45) is 3.77. The zero-order chi connectivity index (χ0) is 26.7. The van der Waals surface area contributed by atoms with Crippen LogP contribution in [0.1, 0.15) is 11.1 Å². The van der Waals surface area contributed by atoms with Gasteiger partial charge in [0.1, 0.15) is 11.6 Å². The third-order valence-corrected chi connectivity index (χ3v) is 6.78. The van der Waals surface area contributed by atoms with Gasteiger partial charge >= 0.3 is 0 Å². The number of hydrogen-bond acceptors (Lipinski definition) is 4. The molecule has 6 nitrogen and oxygen atoms in total. The summed E-state index contributed by atoms with van der Waals surface area (Å²) >= 11 is 0. The molecule has 0 fully saturated rings. The van der Waals surface area contributed by atoms with E-state index in [9.17, 15) is 0 Å². The highest BCUT2D eigenvalue weighted by Crippen LogP contribution is 2.31. The van der Waals surface area contributed by atoms with Crippen molar-refractivity contribution in [2.75, 3.05) is 0 Å². The molecule has 5 aromatic carbocycles. The molecule has 0 aliphatic rings. The molecule has 0 saturated carbocycles. The molecule has 0 bridgehead atoms. The van der Waals surface area contributed by atoms with Crippen LogP contribution in [0.25, 0.3) is 44.8 Å². The van der Waals surface area contributed by atoms with Crippen molar-refractivity contribution in [2.45, 2.75) is 0 Å². The highest BCUT2D eigenvalue weighted by molar-refractivity contribution is 5.97. The number of aliphatic imine (C=N–C) groups is 2. The highest BCUT2D eigenvalue weighted by atomic mass is 14.9. The lowest BCUT2D eigenvalue weighted by Crippen LogP contribution is -1.91. The predicted molar refractivity (Wildman–Crippen MR) is 164 cm³/mol. The van der Waals surface area contributed by atoms with Crippen molar-refractivity contribution >= 4 is 45.9 Å². The summed E-state index contributed by atoms with van der Waals surface area (Å²) in [6.45, 7) is 0. The van der Waals surface area contributed by atoms with E-state index in [0.29, 0.717) is 0 Å². The number of nitrogens with one attached hydrogen (secondary N) is 2. The van der Waals surface area contributed by atoms with Crippen molar-refractivity contribution in [2.24, 2.45) is 9.98 Å². The van der Waals surface area contributed by atoms with E-state index < -0.39 is 0 Å². The van der Waals surface area contributed by atoms with Crippen molar-refractivity contribution in [1.29, 1.82) is 0 Å². The zero-order valence-corrected chi connectivity index (χ0v) is 21.5. The molecule has 0 spiro atoms. The number of imidazole rings is 2. The summed E-state index contributed by atoms with van der Waals surface area (Å²) in [5.74, 6) is 1.59. The number of rotatable bonds is 6. The number of aromatic amines is 2. The maximum Gasteiger partial charge on any atom is 0.140 e. The first-order chi connectivity index (χ1) is 19.8. The Morgan fingerprint density at radius 3 is 1.32 bits per heavy atom. The second-order valence-corrected chi connectivity index (χ2v) is 9.38. The summed E-state index contributed by atoms with van der Waals surface area (Å²) < 4.78 is 0. The predicted octanol–water partition coefficient (Wildman–Crippen LogP) is 8.27. The molecule has 2 heterocycles. The summed E-state index contributed by atoms with van der Waals surface area (Å²) in [5, 5.41) is 0. The van der Waals surface area contributed by atoms with E-state index in [4.69, 9.17) is 20.0 Å². The van der Waals surface area contributed by atoms with Gasteiger partial charge in [-0.25, -0.2) is 9.97 Å². The molecule has 7 rings (SSSR count). The molecule has 6 heteroatoms. The van der Waals surface area contributed by atoms with Gasteiger partial charge in [-0.3, -0.25) is 9.98 Å². The number of nitrogens with zero attached hydrogens (tertiary/aromatic N) is 4. The minimum absolute atomic E-state index is 0.797. The highest BCUT2D eigenvalue weighted by Gasteiger charge is 2.10. The maximum absolute atomic E-state index is 4.87. The van der Waals surface area contributed by atoms with Crippen LogP contribution in [0.15, 0.2) is 131 Å². The Hall–Kier alpha value is -5.62. The van der Waals surface area contributed by atoms with E-state index in [0.717, 1.165) is 67.3 Å². The smallest absolute Gasteiger partial charge is 0.140 e. The van der Waals surface area contributed by atoms with Crippen molar-refractivity contribution < 1.29 is 0 Å². The van der Waals surface area contributed by atoms with E-state index >= 15 is 0 Å². The van der Waals surface area contributed by atoms with Gasteiger partial charge in [0.15, 0.2) is 0 Å². The minimum Gasteiger partial charge on any atom is -0.338 e. The van der Waals surface area contributed by atoms with Gasteiger partial charge in [0, 0.05) is 34.7 Å². The van der Waals surface area contributed by atoms with Crippen LogP contribution >= 0.6 is 0 Å². The van der Waals surface area contributed by atoms with Crippen LogP contribution in [0, 0.1) is 0 Å². The van der Waals surface area contributed by atoms with Crippen LogP contribution in [0.3, 0.4) is 0 Å². The first-order valence-electron chi connectivity index (χ1n) is 13.1. The molecule has 0 saturated heterocycles. The SMILES string of the molecule is C(=Nc1ccccc1-c1nc2ccccc2[nH]1)c1ccccc1C=Nc1ccccc1-c1nc2ccccc2[nH]1. The summed E-state index contributed by atoms with van der Waals surface area (Å²) in [6, 6.07) is 40.2. The lowest BCUT2D eigenvalue weighted by atomic mass is 10.1. The molecule has 2 aromatic heterocycles. The van der Waals surface area contributed by atoms with E-state index in [2.05, 4.69) is 9.97 Å². The van der Waals surface area contributed by atoms with Gasteiger partial charge in [-0.05, 0) is 48.5 Å². The second-order valence-electron chi connectivity index (χ2n) is 9.38. The van der Waals surface area contributed by atoms with Gasteiger partial charge in [-0.1, -0.05) is 72.8 Å². The lowest BCUT2D eigenvalue weighted by Gasteiger charge is -2.05. The molecule has 0 aliphatic heterocycles. The van der Waals surface area contributed by atoms with E-state index in [-0.39, 0.29) is 0 Å². The van der Waals surface area contributed by atoms with Crippen molar-refractivity contribution in [3.63, 3.8) is 0 Å². The lowest BCUT2D eigenvalue weighted by molar-refractivity contribution is 1.32. The Morgan fingerprint density at radius 1 is 0.450 bits per heavy atom. The standard InChI is InChI=1S/C34H24N6/c1-2-12-24(22-36-28-16-6-4-14-26(28)34-39-31-19-9-10-20-32(31)40-34)23(11-1)21-35-27-15-5-3-13-25(27)33-37-29-17-7-8-18-30(29)38-33/h1-22H,(H,37,38)(H,39,40). The first kappa shape index (κ1) is 23.5. The quantitative estimate of drug-likeness (QED) is 0.218. The molecule has 0 atom stereocenters. The minimum atomic E-state index is 0.797. The number of benzene rings is 5. The normalized spacial score (nSPS) is 11.8. The summed E-state index contributed by atoms with van der Waals surface area (Å²) in [4.78, 5) is 26.1. The third-order valence-electron chi connectivity index (χ3n) is 6.78. The van der Waals surface area contributed by atoms with Gasteiger partial charge in [0.05, 0.1) is 33.4 Å². The molecular formula is C34H24N6. The average Bonchev–Trinajstić information content (AvgIpc) is 3.64. The van der Waals surface area contributed by atoms with Crippen molar-refractivity contribution in [3.8, 4) is 22.8 Å². The Balaban J connectivity index is 1.20. The fraction of sp³-hybridized carbons (Fsp3) is 0. The summed E-state index contributed by atoms with van der Waals surface area (Å²) in [5.41, 5.74) is 9.36. The molecule has 7 aromatic rings. The van der Waals surface area contributed by atoms with Crippen LogP contribution in [0.2, 0.25) is 0 Å². The molecular weight excluding hydrogens is 492 g/mol. The van der Waals surface area contributed by atoms with Gasteiger partial charge in [-0.2, -0.15) is 0 Å². The van der Waals surface area contributed by atoms with Crippen LogP contribution in [-0.2, 0) is 0 Å². The molecule has 190 valence electrons. The molecule has 0 radical (unpaired) electrons. The van der Waals surface area contributed by atoms with Gasteiger partial charge in [0.25, 0.3) is 0 Å². The topological polar surface area (TPSA) is 82.1 Å². The number of aromatic nitrogens is 4. The number of fused-ring (bicyclic) bond motifs is 2. The number of para-hydroxylation sites is 6. The Labute approximate surface area is 230 Å². The fourth-order valence-corrected chi connectivity index (χ4v) is 4.76. The van der Waals surface area contributed by atoms with Crippen LogP contribution in [0.4, 0.5) is 11.4 Å². The van der Waals surface area contributed by atoms with E-state index in [1.807, 2.05) is 134 Å². The molecule has 40 heavy (non-hydrogen) atoms. The monoisotopic (exact) mass is 516 g/mol. The van der Waals surface area contributed by atoms with Gasteiger partial charge in [-0.15, -0.1) is 0 Å². The van der Waals surface area contributed by atoms with Crippen LogP contribution in [-0.4, -0.2) is 32.4 Å². The van der Waals surface area contributed by atoms with Crippen LogP contribution < -0.4 is 0 Å². The Kier molecular flexibility index (Phi) is 6.03. The largest absolute Gasteiger partial charge is 0.338 e. The molecule has 0 aliphatic carbocycles. The molecule has 0 unspecified atom stereocenters. The zero-order valence-electron chi connectivity index (χ0n) is 21.5. The summed E-state index contributed by atoms with van der Waals surface area (Å²) in [7, 11) is 0. The maximum atomic E-state index is 4.87. The second kappa shape index (κ2) is 10.3. The van der Waals surface area contributed by atoms with Gasteiger partial charge in [0.2, 0.25) is 0 Å². The Morgan fingerprint density at radius 2 is 0.850 bits per heavy atom. The fourth-order valence-electron chi connectivity index (χ4n) is 4.76. The Bertz CT molecular complexity index is 1820. The van der Waals surface area contributed by atoms with E-state index in [1.165, 1.54) is 0 Å². The average molecular weight is 517 g/mol. The number of hydrogen-bond donors (Lipinski definition) is 2.